The molecule has 2 N–H and O–H groups in total. The Kier molecular flexibility index (Phi) is 7.20. The van der Waals surface area contributed by atoms with Gasteiger partial charge >= 0.3 is 12.2 Å². The molecule has 0 bridgehead atoms. The molecule has 2 aromatic heterocycles. The van der Waals surface area contributed by atoms with Crippen molar-refractivity contribution in [1.82, 2.24) is 19.9 Å². The summed E-state index contributed by atoms with van der Waals surface area (Å²) >= 11 is 0. The zero-order valence-electron chi connectivity index (χ0n) is 23.3. The number of aromatic nitrogens is 3. The number of anilines is 2. The van der Waals surface area contributed by atoms with Crippen LogP contribution in [0.1, 0.15) is 24.1 Å². The number of hydrogen-bond donors (Lipinski definition) is 2. The van der Waals surface area contributed by atoms with Gasteiger partial charge in [-0.15, -0.1) is 0 Å². The largest absolute Gasteiger partial charge is 0.511 e. The van der Waals surface area contributed by atoms with Crippen molar-refractivity contribution < 1.29 is 24.2 Å². The van der Waals surface area contributed by atoms with Crippen molar-refractivity contribution in [3.8, 4) is 16.9 Å². The second kappa shape index (κ2) is 11.1. The lowest BCUT2D eigenvalue weighted by Crippen LogP contribution is -2.57. The summed E-state index contributed by atoms with van der Waals surface area (Å²) in [4.78, 5) is 67.2. The molecule has 0 unspecified atom stereocenters. The number of hydrogen-bond acceptors (Lipinski definition) is 8. The highest BCUT2D eigenvalue weighted by atomic mass is 16.7. The summed E-state index contributed by atoms with van der Waals surface area (Å²) in [6, 6.07) is 18.0. The number of rotatable bonds is 6. The lowest BCUT2D eigenvalue weighted by atomic mass is 9.85. The summed E-state index contributed by atoms with van der Waals surface area (Å²) in [5, 5.41) is 8.80. The van der Waals surface area contributed by atoms with E-state index in [1.54, 1.807) is 54.7 Å². The summed E-state index contributed by atoms with van der Waals surface area (Å²) in [5.41, 5.74) is 2.41. The molecule has 2 aliphatic heterocycles. The van der Waals surface area contributed by atoms with E-state index in [9.17, 15) is 19.2 Å². The van der Waals surface area contributed by atoms with Crippen LogP contribution in [-0.2, 0) is 11.3 Å². The predicted octanol–water partition coefficient (Wildman–Crippen LogP) is 4.21. The molecule has 2 aliphatic rings. The minimum atomic E-state index is -1.40. The van der Waals surface area contributed by atoms with Gasteiger partial charge < -0.3 is 14.8 Å². The van der Waals surface area contributed by atoms with Gasteiger partial charge in [-0.05, 0) is 66.8 Å². The zero-order valence-corrected chi connectivity index (χ0v) is 23.3. The number of H-pyrrole nitrogens is 1. The van der Waals surface area contributed by atoms with E-state index in [2.05, 4.69) is 24.6 Å². The topological polar surface area (TPSA) is 149 Å². The number of carboxylic acid groups (broad SMARTS) is 1. The maximum atomic E-state index is 14.2. The average molecular weight is 581 g/mol. The first-order valence-electron chi connectivity index (χ1n) is 13.7. The van der Waals surface area contributed by atoms with E-state index in [1.807, 2.05) is 19.1 Å². The Balaban J connectivity index is 1.28. The molecule has 218 valence electrons. The fraction of sp³-hybridized carbons (Fsp3) is 0.226. The maximum absolute atomic E-state index is 14.2. The van der Waals surface area contributed by atoms with Gasteiger partial charge in [0, 0.05) is 31.9 Å². The summed E-state index contributed by atoms with van der Waals surface area (Å²) in [5.74, 6) is -0.0452. The number of benzene rings is 2. The number of carbonyl (C=O) groups excluding carboxylic acids is 2. The van der Waals surface area contributed by atoms with E-state index in [1.165, 1.54) is 17.3 Å². The number of nitrogens with one attached hydrogen (secondary N) is 1. The molecule has 12 nitrogen and oxygen atoms in total. The highest BCUT2D eigenvalue weighted by Gasteiger charge is 2.59. The Morgan fingerprint density at radius 2 is 1.65 bits per heavy atom. The molecular formula is C31H28N6O6. The van der Waals surface area contributed by atoms with Gasteiger partial charge in [-0.25, -0.2) is 19.5 Å². The van der Waals surface area contributed by atoms with Gasteiger partial charge in [-0.1, -0.05) is 30.3 Å². The third-order valence-corrected chi connectivity index (χ3v) is 8.00. The zero-order chi connectivity index (χ0) is 30.1. The van der Waals surface area contributed by atoms with E-state index in [0.717, 1.165) is 27.3 Å². The van der Waals surface area contributed by atoms with Crippen molar-refractivity contribution >= 4 is 29.6 Å². The maximum Gasteiger partial charge on any atom is 0.511 e. The van der Waals surface area contributed by atoms with Crippen LogP contribution in [0, 0.1) is 6.92 Å². The van der Waals surface area contributed by atoms with Crippen molar-refractivity contribution in [3.63, 3.8) is 0 Å². The van der Waals surface area contributed by atoms with Gasteiger partial charge in [0.2, 0.25) is 0 Å². The smallest absolute Gasteiger partial charge is 0.449 e. The monoisotopic (exact) mass is 580 g/mol. The van der Waals surface area contributed by atoms with Crippen molar-refractivity contribution in [2.45, 2.75) is 31.8 Å². The van der Waals surface area contributed by atoms with Crippen LogP contribution in [0.3, 0.4) is 0 Å². The molecule has 0 aliphatic carbocycles. The van der Waals surface area contributed by atoms with Crippen molar-refractivity contribution in [2.24, 2.45) is 0 Å². The van der Waals surface area contributed by atoms with Crippen molar-refractivity contribution in [2.75, 3.05) is 22.9 Å². The molecule has 12 heteroatoms. The van der Waals surface area contributed by atoms with Gasteiger partial charge in [0.1, 0.15) is 17.1 Å². The number of ether oxygens (including phenoxy) is 1. The predicted molar refractivity (Wildman–Crippen MR) is 157 cm³/mol. The van der Waals surface area contributed by atoms with E-state index in [4.69, 9.17) is 5.11 Å². The third kappa shape index (κ3) is 5.24. The summed E-state index contributed by atoms with van der Waals surface area (Å²) in [7, 11) is 0. The molecule has 4 aromatic rings. The first-order valence-corrected chi connectivity index (χ1v) is 13.7. The molecule has 2 fully saturated rings. The first kappa shape index (κ1) is 27.8. The third-order valence-electron chi connectivity index (χ3n) is 8.00. The van der Waals surface area contributed by atoms with Crippen LogP contribution < -0.4 is 20.1 Å². The number of carbonyl (C=O) groups is 3. The second-order valence-corrected chi connectivity index (χ2v) is 10.5. The van der Waals surface area contributed by atoms with E-state index in [0.29, 0.717) is 38.2 Å². The number of aromatic amines is 1. The summed E-state index contributed by atoms with van der Waals surface area (Å²) in [6.07, 6.45) is 2.31. The molecule has 0 radical (unpaired) electrons. The second-order valence-electron chi connectivity index (χ2n) is 10.5. The van der Waals surface area contributed by atoms with Gasteiger partial charge in [-0.2, -0.15) is 0 Å². The molecule has 2 saturated heterocycles. The highest BCUT2D eigenvalue weighted by Crippen LogP contribution is 2.42. The normalized spacial score (nSPS) is 16.6. The van der Waals surface area contributed by atoms with Crippen LogP contribution in [0.4, 0.5) is 21.1 Å². The number of aryl methyl sites for hydroxylation is 1. The number of nitrogens with zero attached hydrogens (tertiary/aromatic N) is 5. The van der Waals surface area contributed by atoms with Gasteiger partial charge in [0.05, 0.1) is 17.7 Å². The lowest BCUT2D eigenvalue weighted by Gasteiger charge is -2.41. The van der Waals surface area contributed by atoms with Crippen LogP contribution in [0.5, 0.6) is 5.75 Å². The number of amides is 3. The first-order chi connectivity index (χ1) is 20.7. The van der Waals surface area contributed by atoms with Crippen LogP contribution in [0.25, 0.3) is 11.1 Å². The molecule has 4 heterocycles. The minimum absolute atomic E-state index is 0.124. The molecule has 0 saturated carbocycles. The van der Waals surface area contributed by atoms with Crippen LogP contribution in [0.2, 0.25) is 0 Å². The standard InChI is InChI=1S/C31H28N6O6/c1-20-3-2-14-32-25(20)18-35-15-12-31(13-16-35)28(39)36(29(40)37(31)26-17-27(38)34-19-33-26)23-8-4-21(5-9-23)22-6-10-24(11-7-22)43-30(41)42/h2-11,14,17,19H,12-13,15-16,18H2,1H3,(H,41,42)(H,33,34,38). The highest BCUT2D eigenvalue weighted by molar-refractivity contribution is 6.30. The number of likely N-dealkylation sites (tertiary alicyclic amines) is 1. The van der Waals surface area contributed by atoms with E-state index in [-0.39, 0.29) is 17.5 Å². The average Bonchev–Trinajstić information content (AvgIpc) is 3.20. The van der Waals surface area contributed by atoms with E-state index < -0.39 is 23.3 Å². The SMILES string of the molecule is Cc1cccnc1CN1CCC2(CC1)C(=O)N(c1ccc(-c3ccc(OC(=O)O)cc3)cc1)C(=O)N2c1cc(=O)[nH]cn1. The van der Waals surface area contributed by atoms with Gasteiger partial charge in [0.15, 0.2) is 0 Å². The Morgan fingerprint density at radius 1 is 0.977 bits per heavy atom. The number of imide groups is 1. The van der Waals surface area contributed by atoms with Crippen molar-refractivity contribution in [3.05, 3.63) is 101 Å². The number of pyridine rings is 1. The Labute approximate surface area is 246 Å². The molecule has 6 rings (SSSR count). The Hall–Kier alpha value is -5.36. The lowest BCUT2D eigenvalue weighted by molar-refractivity contribution is -0.123. The van der Waals surface area contributed by atoms with Crippen LogP contribution in [-0.4, -0.2) is 61.7 Å². The van der Waals surface area contributed by atoms with Gasteiger partial charge in [0.25, 0.3) is 11.5 Å². The number of urea groups is 1. The van der Waals surface area contributed by atoms with Crippen molar-refractivity contribution in [1.29, 1.82) is 0 Å². The summed E-state index contributed by atoms with van der Waals surface area (Å²) in [6.45, 7) is 3.73. The fourth-order valence-corrected chi connectivity index (χ4v) is 5.73. The van der Waals surface area contributed by atoms with Gasteiger partial charge in [-0.3, -0.25) is 24.4 Å². The molecule has 2 aromatic carbocycles. The van der Waals surface area contributed by atoms with Crippen LogP contribution in [0.15, 0.2) is 84.0 Å². The molecule has 43 heavy (non-hydrogen) atoms. The van der Waals surface area contributed by atoms with E-state index >= 15 is 0 Å². The molecule has 1 spiro atoms. The Morgan fingerprint density at radius 3 is 2.28 bits per heavy atom. The number of piperidine rings is 1. The molecule has 3 amide bonds. The molecular weight excluding hydrogens is 552 g/mol. The Bertz CT molecular complexity index is 1750. The molecule has 0 atom stereocenters. The van der Waals surface area contributed by atoms with Crippen LogP contribution >= 0.6 is 0 Å². The summed E-state index contributed by atoms with van der Waals surface area (Å²) < 4.78 is 4.66. The fourth-order valence-electron chi connectivity index (χ4n) is 5.73. The minimum Gasteiger partial charge on any atom is -0.449 e. The quantitative estimate of drug-likeness (QED) is 0.194.